The monoisotopic (exact) mass is 651 g/mol. The Hall–Kier alpha value is -3.85. The average Bonchev–Trinajstić information content (AvgIpc) is 3.01. The van der Waals surface area contributed by atoms with E-state index in [0.717, 1.165) is 9.87 Å². The van der Waals surface area contributed by atoms with E-state index in [9.17, 15) is 18.0 Å². The maximum Gasteiger partial charge on any atom is 0.264 e. The molecule has 2 amide bonds. The van der Waals surface area contributed by atoms with Crippen LogP contribution in [0.5, 0.6) is 0 Å². The third-order valence-electron chi connectivity index (χ3n) is 7.10. The summed E-state index contributed by atoms with van der Waals surface area (Å²) in [6.07, 6.45) is 0.944. The topological polar surface area (TPSA) is 86.8 Å². The molecule has 44 heavy (non-hydrogen) atoms. The molecular weight excluding hydrogens is 617 g/mol. The van der Waals surface area contributed by atoms with Gasteiger partial charge in [-0.25, -0.2) is 8.42 Å². The molecule has 230 valence electrons. The number of anilines is 1. The van der Waals surface area contributed by atoms with Crippen LogP contribution in [-0.4, -0.2) is 44.3 Å². The molecule has 1 unspecified atom stereocenters. The summed E-state index contributed by atoms with van der Waals surface area (Å²) in [6.45, 7) is 3.60. The molecule has 0 saturated carbocycles. The average molecular weight is 653 g/mol. The first-order chi connectivity index (χ1) is 21.1. The zero-order valence-electron chi connectivity index (χ0n) is 24.6. The SMILES string of the molecule is CCCNC(=O)C(Cc1ccccc1)N(Cc1cccc(Cl)c1)C(=O)CN(c1ccc(Cl)cc1C)S(=O)(=O)c1ccccc1. The Bertz CT molecular complexity index is 1690. The lowest BCUT2D eigenvalue weighted by Gasteiger charge is -2.34. The van der Waals surface area contributed by atoms with Crippen LogP contribution in [0.2, 0.25) is 10.0 Å². The molecule has 0 radical (unpaired) electrons. The van der Waals surface area contributed by atoms with Crippen LogP contribution in [0.15, 0.2) is 108 Å². The Morgan fingerprint density at radius 3 is 2.09 bits per heavy atom. The lowest BCUT2D eigenvalue weighted by Crippen LogP contribution is -2.53. The van der Waals surface area contributed by atoms with Crippen LogP contribution in [0.4, 0.5) is 5.69 Å². The molecule has 0 aliphatic heterocycles. The molecule has 0 aliphatic carbocycles. The number of carbonyl (C=O) groups is 2. The van der Waals surface area contributed by atoms with Gasteiger partial charge in [-0.15, -0.1) is 0 Å². The summed E-state index contributed by atoms with van der Waals surface area (Å²) in [4.78, 5) is 29.6. The minimum atomic E-state index is -4.20. The largest absolute Gasteiger partial charge is 0.354 e. The molecule has 7 nitrogen and oxygen atoms in total. The van der Waals surface area contributed by atoms with Gasteiger partial charge in [-0.1, -0.05) is 90.8 Å². The van der Waals surface area contributed by atoms with E-state index in [-0.39, 0.29) is 23.8 Å². The van der Waals surface area contributed by atoms with Crippen LogP contribution in [-0.2, 0) is 32.6 Å². The van der Waals surface area contributed by atoms with Crippen LogP contribution in [0.25, 0.3) is 0 Å². The second kappa shape index (κ2) is 15.2. The maximum atomic E-state index is 14.5. The van der Waals surface area contributed by atoms with Gasteiger partial charge in [0, 0.05) is 29.6 Å². The molecule has 0 bridgehead atoms. The Kier molecular flexibility index (Phi) is 11.4. The molecule has 4 aromatic carbocycles. The van der Waals surface area contributed by atoms with Gasteiger partial charge in [-0.2, -0.15) is 0 Å². The minimum absolute atomic E-state index is 0.0325. The van der Waals surface area contributed by atoms with Crippen LogP contribution in [0.3, 0.4) is 0 Å². The lowest BCUT2D eigenvalue weighted by atomic mass is 10.0. The van der Waals surface area contributed by atoms with Gasteiger partial charge >= 0.3 is 0 Å². The zero-order chi connectivity index (χ0) is 31.7. The lowest BCUT2D eigenvalue weighted by molar-refractivity contribution is -0.140. The van der Waals surface area contributed by atoms with Gasteiger partial charge in [-0.3, -0.25) is 13.9 Å². The van der Waals surface area contributed by atoms with Crippen molar-refractivity contribution in [2.24, 2.45) is 0 Å². The van der Waals surface area contributed by atoms with Crippen molar-refractivity contribution in [1.82, 2.24) is 10.2 Å². The summed E-state index contributed by atoms with van der Waals surface area (Å²) < 4.78 is 29.3. The van der Waals surface area contributed by atoms with Crippen molar-refractivity contribution >= 4 is 50.7 Å². The molecule has 4 aromatic rings. The van der Waals surface area contributed by atoms with Crippen molar-refractivity contribution in [3.63, 3.8) is 0 Å². The van der Waals surface area contributed by atoms with Gasteiger partial charge in [0.1, 0.15) is 12.6 Å². The van der Waals surface area contributed by atoms with Gasteiger partial charge in [0.2, 0.25) is 11.8 Å². The number of aryl methyl sites for hydroxylation is 1. The number of sulfonamides is 1. The number of nitrogens with one attached hydrogen (secondary N) is 1. The number of carbonyl (C=O) groups excluding carboxylic acids is 2. The first-order valence-electron chi connectivity index (χ1n) is 14.3. The Morgan fingerprint density at radius 1 is 0.818 bits per heavy atom. The number of halogens is 2. The van der Waals surface area contributed by atoms with E-state index >= 15 is 0 Å². The number of hydrogen-bond donors (Lipinski definition) is 1. The summed E-state index contributed by atoms with van der Waals surface area (Å²) in [5, 5.41) is 3.86. The maximum absolute atomic E-state index is 14.5. The summed E-state index contributed by atoms with van der Waals surface area (Å²) in [5.41, 5.74) is 2.44. The van der Waals surface area contributed by atoms with Crippen molar-refractivity contribution in [3.8, 4) is 0 Å². The van der Waals surface area contributed by atoms with Crippen molar-refractivity contribution in [2.45, 2.75) is 44.2 Å². The Labute approximate surface area is 269 Å². The molecular formula is C34H35Cl2N3O4S. The van der Waals surface area contributed by atoms with Crippen LogP contribution < -0.4 is 9.62 Å². The number of hydrogen-bond acceptors (Lipinski definition) is 4. The number of benzene rings is 4. The number of nitrogens with zero attached hydrogens (tertiary/aromatic N) is 2. The fraction of sp³-hybridized carbons (Fsp3) is 0.235. The molecule has 1 N–H and O–H groups in total. The third-order valence-corrected chi connectivity index (χ3v) is 9.34. The van der Waals surface area contributed by atoms with Crippen LogP contribution in [0, 0.1) is 6.92 Å². The Balaban J connectivity index is 1.81. The van der Waals surface area contributed by atoms with Gasteiger partial charge in [0.05, 0.1) is 10.6 Å². The van der Waals surface area contributed by atoms with Crippen LogP contribution >= 0.6 is 23.2 Å². The highest BCUT2D eigenvalue weighted by Crippen LogP contribution is 2.29. The Morgan fingerprint density at radius 2 is 1.45 bits per heavy atom. The zero-order valence-corrected chi connectivity index (χ0v) is 26.9. The summed E-state index contributed by atoms with van der Waals surface area (Å²) >= 11 is 12.5. The van der Waals surface area contributed by atoms with E-state index in [1.54, 1.807) is 61.5 Å². The minimum Gasteiger partial charge on any atom is -0.354 e. The molecule has 0 aliphatic rings. The molecule has 4 rings (SSSR count). The normalized spacial score (nSPS) is 11.9. The van der Waals surface area contributed by atoms with Gasteiger partial charge in [0.25, 0.3) is 10.0 Å². The predicted octanol–water partition coefficient (Wildman–Crippen LogP) is 6.66. The molecule has 1 atom stereocenters. The molecule has 0 fully saturated rings. The quantitative estimate of drug-likeness (QED) is 0.175. The van der Waals surface area contributed by atoms with E-state index in [1.165, 1.54) is 17.0 Å². The highest BCUT2D eigenvalue weighted by atomic mass is 35.5. The first-order valence-corrected chi connectivity index (χ1v) is 16.5. The van der Waals surface area contributed by atoms with E-state index in [2.05, 4.69) is 5.32 Å². The van der Waals surface area contributed by atoms with E-state index in [0.29, 0.717) is 39.8 Å². The summed E-state index contributed by atoms with van der Waals surface area (Å²) in [6, 6.07) is 28.3. The second-order valence-corrected chi connectivity index (χ2v) is 13.1. The number of rotatable bonds is 13. The van der Waals surface area contributed by atoms with Crippen molar-refractivity contribution in [1.29, 1.82) is 0 Å². The van der Waals surface area contributed by atoms with E-state index in [4.69, 9.17) is 23.2 Å². The van der Waals surface area contributed by atoms with Gasteiger partial charge in [-0.05, 0) is 72.5 Å². The highest BCUT2D eigenvalue weighted by Gasteiger charge is 2.35. The molecule has 0 spiro atoms. The standard InChI is InChI=1S/C34H35Cl2N3O4S/c1-3-19-37-34(41)32(22-26-11-6-4-7-12-26)38(23-27-13-10-14-28(35)21-27)33(40)24-39(31-18-17-29(36)20-25(31)2)44(42,43)30-15-8-5-9-16-30/h4-18,20-21,32H,3,19,22-24H2,1-2H3,(H,37,41). The van der Waals surface area contributed by atoms with Crippen molar-refractivity contribution in [3.05, 3.63) is 130 Å². The van der Waals surface area contributed by atoms with Gasteiger partial charge in [0.15, 0.2) is 0 Å². The van der Waals surface area contributed by atoms with E-state index < -0.39 is 28.5 Å². The summed E-state index contributed by atoms with van der Waals surface area (Å²) in [7, 11) is -4.20. The molecule has 0 saturated heterocycles. The first kappa shape index (κ1) is 33.1. The fourth-order valence-corrected chi connectivity index (χ4v) is 6.82. The highest BCUT2D eigenvalue weighted by molar-refractivity contribution is 7.92. The molecule has 0 heterocycles. The van der Waals surface area contributed by atoms with Crippen LogP contribution in [0.1, 0.15) is 30.0 Å². The molecule has 10 heteroatoms. The number of amides is 2. The van der Waals surface area contributed by atoms with Crippen molar-refractivity contribution in [2.75, 3.05) is 17.4 Å². The predicted molar refractivity (Wildman–Crippen MR) is 176 cm³/mol. The van der Waals surface area contributed by atoms with Gasteiger partial charge < -0.3 is 10.2 Å². The smallest absolute Gasteiger partial charge is 0.264 e. The third kappa shape index (κ3) is 8.40. The van der Waals surface area contributed by atoms with Crippen molar-refractivity contribution < 1.29 is 18.0 Å². The molecule has 0 aromatic heterocycles. The fourth-order valence-electron chi connectivity index (χ4n) is 4.88. The summed E-state index contributed by atoms with van der Waals surface area (Å²) in [5.74, 6) is -0.877. The second-order valence-electron chi connectivity index (χ2n) is 10.4. The van der Waals surface area contributed by atoms with E-state index in [1.807, 2.05) is 43.3 Å².